The van der Waals surface area contributed by atoms with Gasteiger partial charge < -0.3 is 15.0 Å². The number of methoxy groups -OCH3 is 1. The fourth-order valence-corrected chi connectivity index (χ4v) is 3.93. The topological polar surface area (TPSA) is 85.2 Å². The van der Waals surface area contributed by atoms with Crippen LogP contribution in [0.3, 0.4) is 0 Å². The molecule has 8 heteroatoms. The summed E-state index contributed by atoms with van der Waals surface area (Å²) in [4.78, 5) is 13.7. The zero-order valence-corrected chi connectivity index (χ0v) is 18.2. The molecule has 1 aromatic rings. The number of unbranched alkanes of at least 4 members (excludes halogenated alkanes) is 1. The summed E-state index contributed by atoms with van der Waals surface area (Å²) in [5, 5.41) is 16.3. The molecule has 0 spiro atoms. The van der Waals surface area contributed by atoms with Gasteiger partial charge in [-0.15, -0.1) is 5.10 Å². The lowest BCUT2D eigenvalue weighted by Gasteiger charge is -2.37. The molecule has 1 aliphatic rings. The van der Waals surface area contributed by atoms with Crippen LogP contribution in [0.25, 0.3) is 0 Å². The molecule has 162 valence electrons. The highest BCUT2D eigenvalue weighted by Crippen LogP contribution is 2.28. The van der Waals surface area contributed by atoms with Gasteiger partial charge in [0.1, 0.15) is 5.54 Å². The Labute approximate surface area is 174 Å². The number of carbonyl (C=O) groups excluding carboxylic acids is 1. The summed E-state index contributed by atoms with van der Waals surface area (Å²) in [6.45, 7) is 15.2. The van der Waals surface area contributed by atoms with Gasteiger partial charge in [-0.2, -0.15) is 0 Å². The maximum Gasteiger partial charge on any atom is 0.245 e. The summed E-state index contributed by atoms with van der Waals surface area (Å²) in [6.07, 6.45) is 6.36. The average molecular weight is 405 g/mol. The van der Waals surface area contributed by atoms with Crippen molar-refractivity contribution in [2.45, 2.75) is 58.0 Å². The molecule has 1 amide bonds. The van der Waals surface area contributed by atoms with E-state index >= 15 is 0 Å². The first-order chi connectivity index (χ1) is 14.0. The van der Waals surface area contributed by atoms with Gasteiger partial charge in [0.2, 0.25) is 5.91 Å². The number of tetrazole rings is 1. The second kappa shape index (κ2) is 11.2. The van der Waals surface area contributed by atoms with E-state index in [-0.39, 0.29) is 5.91 Å². The van der Waals surface area contributed by atoms with Crippen molar-refractivity contribution in [2.24, 2.45) is 5.92 Å². The van der Waals surface area contributed by atoms with Gasteiger partial charge in [0.25, 0.3) is 0 Å². The van der Waals surface area contributed by atoms with Gasteiger partial charge >= 0.3 is 0 Å². The van der Waals surface area contributed by atoms with E-state index < -0.39 is 5.54 Å². The van der Waals surface area contributed by atoms with E-state index in [1.807, 2.05) is 16.5 Å². The molecule has 1 aliphatic heterocycles. The largest absolute Gasteiger partial charge is 0.382 e. The van der Waals surface area contributed by atoms with E-state index in [1.54, 1.807) is 7.11 Å². The number of allylic oxidation sites excluding steroid dienone is 1. The summed E-state index contributed by atoms with van der Waals surface area (Å²) < 4.78 is 7.46. The lowest BCUT2D eigenvalue weighted by atomic mass is 9.89. The van der Waals surface area contributed by atoms with Crippen LogP contribution in [0.5, 0.6) is 0 Å². The number of ether oxygens (including phenoxy) is 1. The van der Waals surface area contributed by atoms with E-state index in [2.05, 4.69) is 40.9 Å². The van der Waals surface area contributed by atoms with Crippen molar-refractivity contribution in [3.05, 3.63) is 30.6 Å². The molecule has 0 radical (unpaired) electrons. The SMILES string of the molecule is C=CC(=O)N1CCC(CNC(CCCC)(COC)c2nnnn2CC(=C)C)CC1. The smallest absolute Gasteiger partial charge is 0.245 e. The first kappa shape index (κ1) is 23.2. The first-order valence-electron chi connectivity index (χ1n) is 10.5. The number of carbonyl (C=O) groups is 1. The molecule has 0 saturated carbocycles. The Hall–Kier alpha value is -2.06. The summed E-state index contributed by atoms with van der Waals surface area (Å²) >= 11 is 0. The molecular formula is C21H36N6O2. The van der Waals surface area contributed by atoms with E-state index in [1.165, 1.54) is 6.08 Å². The summed E-state index contributed by atoms with van der Waals surface area (Å²) in [6, 6.07) is 0. The third-order valence-electron chi connectivity index (χ3n) is 5.56. The van der Waals surface area contributed by atoms with Crippen molar-refractivity contribution in [1.29, 1.82) is 0 Å². The lowest BCUT2D eigenvalue weighted by Crippen LogP contribution is -2.51. The Morgan fingerprint density at radius 2 is 2.14 bits per heavy atom. The van der Waals surface area contributed by atoms with E-state index in [9.17, 15) is 4.79 Å². The van der Waals surface area contributed by atoms with E-state index in [4.69, 9.17) is 4.74 Å². The second-order valence-electron chi connectivity index (χ2n) is 8.09. The number of nitrogens with zero attached hydrogens (tertiary/aromatic N) is 5. The third kappa shape index (κ3) is 6.21. The fraction of sp³-hybridized carbons (Fsp3) is 0.714. The molecule has 1 unspecified atom stereocenters. The van der Waals surface area contributed by atoms with Crippen molar-refractivity contribution in [1.82, 2.24) is 30.4 Å². The highest BCUT2D eigenvalue weighted by molar-refractivity contribution is 5.87. The zero-order chi connectivity index (χ0) is 21.3. The average Bonchev–Trinajstić information content (AvgIpc) is 3.18. The van der Waals surface area contributed by atoms with Crippen LogP contribution in [-0.2, 0) is 21.6 Å². The van der Waals surface area contributed by atoms with Crippen molar-refractivity contribution in [3.63, 3.8) is 0 Å². The number of likely N-dealkylation sites (tertiary alicyclic amines) is 1. The van der Waals surface area contributed by atoms with Crippen LogP contribution in [-0.4, -0.2) is 64.4 Å². The Morgan fingerprint density at radius 3 is 2.72 bits per heavy atom. The van der Waals surface area contributed by atoms with Crippen molar-refractivity contribution < 1.29 is 9.53 Å². The molecule has 1 N–H and O–H groups in total. The Morgan fingerprint density at radius 1 is 1.41 bits per heavy atom. The summed E-state index contributed by atoms with van der Waals surface area (Å²) in [5.74, 6) is 1.31. The molecule has 0 bridgehead atoms. The number of rotatable bonds is 12. The van der Waals surface area contributed by atoms with E-state index in [0.717, 1.165) is 63.1 Å². The number of piperidine rings is 1. The minimum absolute atomic E-state index is 0.0204. The normalized spacial score (nSPS) is 17.1. The van der Waals surface area contributed by atoms with Crippen molar-refractivity contribution in [3.8, 4) is 0 Å². The molecule has 1 atom stereocenters. The predicted octanol–water partition coefficient (Wildman–Crippen LogP) is 2.30. The van der Waals surface area contributed by atoms with Crippen molar-refractivity contribution in [2.75, 3.05) is 33.4 Å². The van der Waals surface area contributed by atoms with Crippen LogP contribution in [0, 0.1) is 5.92 Å². The quantitative estimate of drug-likeness (QED) is 0.425. The van der Waals surface area contributed by atoms with Gasteiger partial charge in [0, 0.05) is 20.2 Å². The van der Waals surface area contributed by atoms with Crippen LogP contribution < -0.4 is 5.32 Å². The molecule has 29 heavy (non-hydrogen) atoms. The molecule has 2 heterocycles. The van der Waals surface area contributed by atoms with Gasteiger partial charge in [0.05, 0.1) is 13.2 Å². The highest BCUT2D eigenvalue weighted by atomic mass is 16.5. The lowest BCUT2D eigenvalue weighted by molar-refractivity contribution is -0.127. The number of amides is 1. The zero-order valence-electron chi connectivity index (χ0n) is 18.2. The molecule has 2 rings (SSSR count). The Bertz CT molecular complexity index is 680. The number of hydrogen-bond acceptors (Lipinski definition) is 6. The molecule has 1 saturated heterocycles. The monoisotopic (exact) mass is 404 g/mol. The molecule has 1 fully saturated rings. The van der Waals surface area contributed by atoms with Gasteiger partial charge in [-0.3, -0.25) is 4.79 Å². The highest BCUT2D eigenvalue weighted by Gasteiger charge is 2.38. The van der Waals surface area contributed by atoms with Gasteiger partial charge in [0.15, 0.2) is 5.82 Å². The standard InChI is InChI=1S/C21H36N6O2/c1-6-8-11-21(16-29-5,20-23-24-25-27(20)15-17(3)4)22-14-18-9-12-26(13-10-18)19(28)7-2/h7,18,22H,2-3,6,8-16H2,1,4-5H3. The number of nitrogens with one attached hydrogen (secondary N) is 1. The van der Waals surface area contributed by atoms with Crippen LogP contribution in [0.4, 0.5) is 0 Å². The molecule has 0 aromatic carbocycles. The van der Waals surface area contributed by atoms with Crippen LogP contribution in [0.2, 0.25) is 0 Å². The van der Waals surface area contributed by atoms with E-state index in [0.29, 0.717) is 19.1 Å². The second-order valence-corrected chi connectivity index (χ2v) is 8.09. The Kier molecular flexibility index (Phi) is 8.98. The third-order valence-corrected chi connectivity index (χ3v) is 5.56. The minimum Gasteiger partial charge on any atom is -0.382 e. The molecule has 8 nitrogen and oxygen atoms in total. The fourth-order valence-electron chi connectivity index (χ4n) is 3.93. The van der Waals surface area contributed by atoms with Gasteiger partial charge in [-0.1, -0.05) is 38.5 Å². The molecular weight excluding hydrogens is 368 g/mol. The first-order valence-corrected chi connectivity index (χ1v) is 10.5. The maximum atomic E-state index is 11.8. The molecule has 1 aromatic heterocycles. The van der Waals surface area contributed by atoms with Crippen LogP contribution in [0.1, 0.15) is 51.8 Å². The summed E-state index contributed by atoms with van der Waals surface area (Å²) in [5.41, 5.74) is 0.553. The van der Waals surface area contributed by atoms with Crippen LogP contribution in [0.15, 0.2) is 24.8 Å². The summed E-state index contributed by atoms with van der Waals surface area (Å²) in [7, 11) is 1.72. The maximum absolute atomic E-state index is 11.8. The predicted molar refractivity (Wildman–Crippen MR) is 113 cm³/mol. The number of aromatic nitrogens is 4. The van der Waals surface area contributed by atoms with Gasteiger partial charge in [-0.25, -0.2) is 4.68 Å². The van der Waals surface area contributed by atoms with Crippen molar-refractivity contribution >= 4 is 5.91 Å². The molecule has 0 aliphatic carbocycles. The van der Waals surface area contributed by atoms with Gasteiger partial charge in [-0.05, 0) is 55.2 Å². The van der Waals surface area contributed by atoms with Crippen LogP contribution >= 0.6 is 0 Å². The number of hydrogen-bond donors (Lipinski definition) is 1. The Balaban J connectivity index is 2.14. The minimum atomic E-state index is -0.447.